The highest BCUT2D eigenvalue weighted by atomic mass is 16.5. The van der Waals surface area contributed by atoms with Crippen LogP contribution in [0.4, 0.5) is 5.69 Å². The van der Waals surface area contributed by atoms with Crippen molar-refractivity contribution >= 4 is 11.6 Å². The minimum Gasteiger partial charge on any atom is -0.380 e. The smallest absolute Gasteiger partial charge is 0.253 e. The van der Waals surface area contributed by atoms with Gasteiger partial charge in [-0.2, -0.15) is 0 Å². The minimum atomic E-state index is -0.0964. The number of aromatic nitrogens is 1. The second kappa shape index (κ2) is 5.36. The van der Waals surface area contributed by atoms with Crippen LogP contribution in [-0.2, 0) is 6.54 Å². The monoisotopic (exact) mass is 271 g/mol. The predicted molar refractivity (Wildman–Crippen MR) is 75.6 cm³/mol. The first-order valence-corrected chi connectivity index (χ1v) is 6.77. The number of para-hydroxylation sites is 1. The fourth-order valence-corrected chi connectivity index (χ4v) is 2.25. The molecule has 0 bridgehead atoms. The molecule has 0 saturated heterocycles. The molecule has 104 valence electrons. The molecule has 1 aliphatic rings. The van der Waals surface area contributed by atoms with Crippen LogP contribution in [0.15, 0.2) is 35.1 Å². The van der Waals surface area contributed by atoms with Crippen molar-refractivity contribution in [1.29, 1.82) is 0 Å². The van der Waals surface area contributed by atoms with Gasteiger partial charge in [-0.25, -0.2) is 0 Å². The van der Waals surface area contributed by atoms with Crippen LogP contribution < -0.4 is 10.6 Å². The Kier molecular flexibility index (Phi) is 3.41. The quantitative estimate of drug-likeness (QED) is 0.877. The Hall–Kier alpha value is -2.30. The lowest BCUT2D eigenvalue weighted by Gasteiger charge is -2.10. The van der Waals surface area contributed by atoms with E-state index in [2.05, 4.69) is 15.8 Å². The third-order valence-corrected chi connectivity index (χ3v) is 3.51. The zero-order valence-electron chi connectivity index (χ0n) is 11.3. The van der Waals surface area contributed by atoms with Gasteiger partial charge in [-0.3, -0.25) is 4.79 Å². The van der Waals surface area contributed by atoms with E-state index < -0.39 is 0 Å². The van der Waals surface area contributed by atoms with Gasteiger partial charge in [0.25, 0.3) is 5.91 Å². The third kappa shape index (κ3) is 2.52. The minimum absolute atomic E-state index is 0.0964. The van der Waals surface area contributed by atoms with Crippen molar-refractivity contribution in [3.63, 3.8) is 0 Å². The van der Waals surface area contributed by atoms with E-state index in [1.807, 2.05) is 18.2 Å². The number of hydrogen-bond donors (Lipinski definition) is 2. The highest BCUT2D eigenvalue weighted by Gasteiger charge is 2.29. The maximum atomic E-state index is 11.8. The summed E-state index contributed by atoms with van der Waals surface area (Å²) in [5.41, 5.74) is 3.57. The van der Waals surface area contributed by atoms with Crippen LogP contribution in [0, 0.1) is 0 Å². The van der Waals surface area contributed by atoms with Crippen molar-refractivity contribution in [2.75, 3.05) is 12.4 Å². The Morgan fingerprint density at radius 3 is 2.95 bits per heavy atom. The van der Waals surface area contributed by atoms with E-state index in [0.29, 0.717) is 18.0 Å². The van der Waals surface area contributed by atoms with Crippen molar-refractivity contribution < 1.29 is 9.32 Å². The molecule has 1 fully saturated rings. The molecule has 2 N–H and O–H groups in total. The second-order valence-electron chi connectivity index (χ2n) is 4.98. The summed E-state index contributed by atoms with van der Waals surface area (Å²) >= 11 is 0. The Morgan fingerprint density at radius 2 is 2.20 bits per heavy atom. The lowest BCUT2D eigenvalue weighted by atomic mass is 10.1. The van der Waals surface area contributed by atoms with Crippen LogP contribution in [0.3, 0.4) is 0 Å². The lowest BCUT2D eigenvalue weighted by Crippen LogP contribution is -2.19. The lowest BCUT2D eigenvalue weighted by molar-refractivity contribution is 0.0964. The van der Waals surface area contributed by atoms with Gasteiger partial charge in [0.2, 0.25) is 0 Å². The first-order chi connectivity index (χ1) is 9.79. The Labute approximate surface area is 117 Å². The van der Waals surface area contributed by atoms with Crippen LogP contribution >= 0.6 is 0 Å². The molecule has 0 aliphatic heterocycles. The first kappa shape index (κ1) is 12.7. The number of nitrogens with zero attached hydrogens (tertiary/aromatic N) is 1. The maximum absolute atomic E-state index is 11.8. The molecule has 1 aromatic carbocycles. The summed E-state index contributed by atoms with van der Waals surface area (Å²) in [4.78, 5) is 11.8. The molecule has 5 heteroatoms. The zero-order valence-corrected chi connectivity index (χ0v) is 11.3. The van der Waals surface area contributed by atoms with E-state index in [-0.39, 0.29) is 5.91 Å². The van der Waals surface area contributed by atoms with Crippen molar-refractivity contribution in [2.24, 2.45) is 0 Å². The van der Waals surface area contributed by atoms with Gasteiger partial charge in [-0.05, 0) is 25.0 Å². The maximum Gasteiger partial charge on any atom is 0.253 e. The molecular formula is C15H17N3O2. The van der Waals surface area contributed by atoms with Crippen LogP contribution in [0.2, 0.25) is 0 Å². The molecule has 1 aromatic heterocycles. The first-order valence-electron chi connectivity index (χ1n) is 6.77. The van der Waals surface area contributed by atoms with Crippen molar-refractivity contribution in [1.82, 2.24) is 10.5 Å². The van der Waals surface area contributed by atoms with Gasteiger partial charge in [0.05, 0.1) is 11.3 Å². The fraction of sp³-hybridized carbons (Fsp3) is 0.333. The van der Waals surface area contributed by atoms with E-state index in [4.69, 9.17) is 4.52 Å². The number of carbonyl (C=O) groups is 1. The number of rotatable bonds is 5. The normalized spacial score (nSPS) is 14.1. The Morgan fingerprint density at radius 1 is 1.40 bits per heavy atom. The number of hydrogen-bond acceptors (Lipinski definition) is 4. The summed E-state index contributed by atoms with van der Waals surface area (Å²) < 4.78 is 5.06. The number of carbonyl (C=O) groups excluding carboxylic acids is 1. The SMILES string of the molecule is CNC(=O)c1ccccc1NCc1conc1C1CC1. The van der Waals surface area contributed by atoms with Gasteiger partial charge < -0.3 is 15.2 Å². The fourth-order valence-electron chi connectivity index (χ4n) is 2.25. The molecule has 0 radical (unpaired) electrons. The summed E-state index contributed by atoms with van der Waals surface area (Å²) in [5, 5.41) is 10.0. The summed E-state index contributed by atoms with van der Waals surface area (Å²) in [6, 6.07) is 7.46. The van der Waals surface area contributed by atoms with E-state index >= 15 is 0 Å². The number of benzene rings is 1. The van der Waals surface area contributed by atoms with Gasteiger partial charge in [-0.15, -0.1) is 0 Å². The zero-order chi connectivity index (χ0) is 13.9. The van der Waals surface area contributed by atoms with Crippen LogP contribution in [-0.4, -0.2) is 18.1 Å². The van der Waals surface area contributed by atoms with Gasteiger partial charge in [-0.1, -0.05) is 17.3 Å². The molecule has 0 unspecified atom stereocenters. The predicted octanol–water partition coefficient (Wildman–Crippen LogP) is 2.52. The summed E-state index contributed by atoms with van der Waals surface area (Å²) in [6.07, 6.45) is 4.06. The van der Waals surface area contributed by atoms with Crippen LogP contribution in [0.5, 0.6) is 0 Å². The largest absolute Gasteiger partial charge is 0.380 e. The van der Waals surface area contributed by atoms with E-state index in [0.717, 1.165) is 16.9 Å². The molecule has 3 rings (SSSR count). The van der Waals surface area contributed by atoms with Gasteiger partial charge >= 0.3 is 0 Å². The number of nitrogens with one attached hydrogen (secondary N) is 2. The van der Waals surface area contributed by atoms with Crippen molar-refractivity contribution in [2.45, 2.75) is 25.3 Å². The Balaban J connectivity index is 1.75. The highest BCUT2D eigenvalue weighted by Crippen LogP contribution is 2.40. The highest BCUT2D eigenvalue weighted by molar-refractivity contribution is 5.99. The van der Waals surface area contributed by atoms with E-state index in [9.17, 15) is 4.79 Å². The molecule has 0 atom stereocenters. The van der Waals surface area contributed by atoms with Crippen molar-refractivity contribution in [3.05, 3.63) is 47.3 Å². The summed E-state index contributed by atoms with van der Waals surface area (Å²) in [6.45, 7) is 0.614. The Bertz CT molecular complexity index is 617. The van der Waals surface area contributed by atoms with Gasteiger partial charge in [0.15, 0.2) is 0 Å². The molecule has 2 aromatic rings. The number of anilines is 1. The molecule has 5 nitrogen and oxygen atoms in total. The average Bonchev–Trinajstić information content (AvgIpc) is 3.23. The summed E-state index contributed by atoms with van der Waals surface area (Å²) in [5.74, 6) is 0.459. The number of amides is 1. The molecule has 1 amide bonds. The second-order valence-corrected chi connectivity index (χ2v) is 4.98. The van der Waals surface area contributed by atoms with E-state index in [1.165, 1.54) is 12.8 Å². The molecule has 0 spiro atoms. The third-order valence-electron chi connectivity index (χ3n) is 3.51. The van der Waals surface area contributed by atoms with Crippen LogP contribution in [0.1, 0.15) is 40.4 Å². The molecular weight excluding hydrogens is 254 g/mol. The van der Waals surface area contributed by atoms with E-state index in [1.54, 1.807) is 19.4 Å². The standard InChI is InChI=1S/C15H17N3O2/c1-16-15(19)12-4-2-3-5-13(12)17-8-11-9-20-18-14(11)10-6-7-10/h2-5,9-10,17H,6-8H2,1H3,(H,16,19). The van der Waals surface area contributed by atoms with Gasteiger partial charge in [0.1, 0.15) is 6.26 Å². The summed E-state index contributed by atoms with van der Waals surface area (Å²) in [7, 11) is 1.63. The molecule has 20 heavy (non-hydrogen) atoms. The van der Waals surface area contributed by atoms with Crippen molar-refractivity contribution in [3.8, 4) is 0 Å². The molecule has 1 heterocycles. The van der Waals surface area contributed by atoms with Crippen LogP contribution in [0.25, 0.3) is 0 Å². The molecule has 1 aliphatic carbocycles. The molecule has 1 saturated carbocycles. The average molecular weight is 271 g/mol. The van der Waals surface area contributed by atoms with Gasteiger partial charge in [0, 0.05) is 30.8 Å². The topological polar surface area (TPSA) is 67.2 Å².